The van der Waals surface area contributed by atoms with Gasteiger partial charge in [-0.2, -0.15) is 10.2 Å². The topological polar surface area (TPSA) is 52.7 Å². The molecule has 0 bridgehead atoms. The van der Waals surface area contributed by atoms with Crippen LogP contribution in [0.2, 0.25) is 5.02 Å². The highest BCUT2D eigenvalue weighted by Gasteiger charge is 2.06. The van der Waals surface area contributed by atoms with Crippen LogP contribution in [0.5, 0.6) is 0 Å². The van der Waals surface area contributed by atoms with Gasteiger partial charge in [-0.3, -0.25) is 14.2 Å². The molecule has 0 aromatic carbocycles. The highest BCUT2D eigenvalue weighted by atomic mass is 35.5. The lowest BCUT2D eigenvalue weighted by Gasteiger charge is -1.90. The van der Waals surface area contributed by atoms with Gasteiger partial charge >= 0.3 is 0 Å². The summed E-state index contributed by atoms with van der Waals surface area (Å²) in [5, 5.41) is 8.70. The summed E-state index contributed by atoms with van der Waals surface area (Å²) in [6, 6.07) is 0. The molecule has 5 nitrogen and oxygen atoms in total. The summed E-state index contributed by atoms with van der Waals surface area (Å²) in [6.45, 7) is 2.71. The van der Waals surface area contributed by atoms with E-state index in [0.29, 0.717) is 16.3 Å². The number of aryl methyl sites for hydroxylation is 2. The lowest BCUT2D eigenvalue weighted by Crippen LogP contribution is -1.94. The summed E-state index contributed by atoms with van der Waals surface area (Å²) < 4.78 is 3.30. The minimum atomic E-state index is -0.120. The number of hydrogen-bond acceptors (Lipinski definition) is 3. The van der Waals surface area contributed by atoms with Crippen molar-refractivity contribution in [2.24, 2.45) is 7.05 Å². The van der Waals surface area contributed by atoms with Gasteiger partial charge in [-0.1, -0.05) is 11.6 Å². The molecule has 0 spiro atoms. The molecule has 0 N–H and O–H groups in total. The molecular weight excluding hydrogens is 252 g/mol. The highest BCUT2D eigenvalue weighted by Crippen LogP contribution is 2.15. The fourth-order valence-corrected chi connectivity index (χ4v) is 1.70. The maximum absolute atomic E-state index is 11.8. The molecule has 2 rings (SSSR count). The first kappa shape index (κ1) is 12.6. The molecule has 0 fully saturated rings. The van der Waals surface area contributed by atoms with E-state index in [-0.39, 0.29) is 5.78 Å². The van der Waals surface area contributed by atoms with Crippen LogP contribution in [0.15, 0.2) is 24.7 Å². The second kappa shape index (κ2) is 5.18. The van der Waals surface area contributed by atoms with Crippen molar-refractivity contribution >= 4 is 23.5 Å². The third kappa shape index (κ3) is 2.68. The SMILES string of the molecule is CCn1cc(Cl)c(/C=C/C(=O)c2cnn(C)c2)n1. The van der Waals surface area contributed by atoms with Gasteiger partial charge in [-0.25, -0.2) is 0 Å². The molecule has 6 heteroatoms. The summed E-state index contributed by atoms with van der Waals surface area (Å²) in [4.78, 5) is 11.8. The number of ketones is 1. The number of carbonyl (C=O) groups is 1. The van der Waals surface area contributed by atoms with E-state index in [4.69, 9.17) is 11.6 Å². The quantitative estimate of drug-likeness (QED) is 0.628. The van der Waals surface area contributed by atoms with Crippen LogP contribution in [0.3, 0.4) is 0 Å². The van der Waals surface area contributed by atoms with E-state index in [1.165, 1.54) is 12.3 Å². The molecule has 0 amide bonds. The molecule has 2 aromatic heterocycles. The first-order valence-electron chi connectivity index (χ1n) is 5.54. The zero-order chi connectivity index (χ0) is 13.1. The van der Waals surface area contributed by atoms with Crippen molar-refractivity contribution in [2.75, 3.05) is 0 Å². The second-order valence-electron chi connectivity index (χ2n) is 3.82. The van der Waals surface area contributed by atoms with Crippen molar-refractivity contribution in [1.29, 1.82) is 0 Å². The van der Waals surface area contributed by atoms with Crippen molar-refractivity contribution in [3.8, 4) is 0 Å². The van der Waals surface area contributed by atoms with Gasteiger partial charge < -0.3 is 0 Å². The number of nitrogens with zero attached hydrogens (tertiary/aromatic N) is 4. The normalized spacial score (nSPS) is 11.3. The predicted octanol–water partition coefficient (Wildman–Crippen LogP) is 2.19. The number of allylic oxidation sites excluding steroid dienone is 1. The Labute approximate surface area is 110 Å². The average Bonchev–Trinajstić information content (AvgIpc) is 2.92. The molecule has 94 valence electrons. The van der Waals surface area contributed by atoms with Gasteiger partial charge in [0.1, 0.15) is 5.69 Å². The van der Waals surface area contributed by atoms with E-state index in [1.807, 2.05) is 6.92 Å². The van der Waals surface area contributed by atoms with Gasteiger partial charge in [0.25, 0.3) is 0 Å². The van der Waals surface area contributed by atoms with Crippen LogP contribution in [0.1, 0.15) is 23.0 Å². The largest absolute Gasteiger partial charge is 0.289 e. The van der Waals surface area contributed by atoms with E-state index >= 15 is 0 Å². The zero-order valence-corrected chi connectivity index (χ0v) is 10.9. The summed E-state index contributed by atoms with van der Waals surface area (Å²) in [6.07, 6.45) is 7.99. The Bertz CT molecular complexity index is 597. The maximum Gasteiger partial charge on any atom is 0.189 e. The van der Waals surface area contributed by atoms with Crippen molar-refractivity contribution in [2.45, 2.75) is 13.5 Å². The number of carbonyl (C=O) groups excluding carboxylic acids is 1. The van der Waals surface area contributed by atoms with Gasteiger partial charge in [0.2, 0.25) is 0 Å². The Morgan fingerprint density at radius 3 is 2.83 bits per heavy atom. The lowest BCUT2D eigenvalue weighted by atomic mass is 10.2. The van der Waals surface area contributed by atoms with Gasteiger partial charge in [0.15, 0.2) is 5.78 Å². The van der Waals surface area contributed by atoms with Crippen LogP contribution in [0.25, 0.3) is 6.08 Å². The minimum Gasteiger partial charge on any atom is -0.289 e. The molecule has 0 aliphatic rings. The fourth-order valence-electron chi connectivity index (χ4n) is 1.49. The first-order chi connectivity index (χ1) is 8.60. The summed E-state index contributed by atoms with van der Waals surface area (Å²) in [7, 11) is 1.76. The number of halogens is 1. The predicted molar refractivity (Wildman–Crippen MR) is 69.5 cm³/mol. The number of aromatic nitrogens is 4. The molecule has 0 atom stereocenters. The monoisotopic (exact) mass is 264 g/mol. The van der Waals surface area contributed by atoms with Crippen molar-refractivity contribution in [3.63, 3.8) is 0 Å². The highest BCUT2D eigenvalue weighted by molar-refractivity contribution is 6.31. The number of hydrogen-bond donors (Lipinski definition) is 0. The van der Waals surface area contributed by atoms with Crippen LogP contribution in [-0.4, -0.2) is 25.3 Å². The maximum atomic E-state index is 11.8. The third-order valence-electron chi connectivity index (χ3n) is 2.45. The van der Waals surface area contributed by atoms with Crippen LogP contribution in [-0.2, 0) is 13.6 Å². The molecule has 0 aliphatic carbocycles. The summed E-state index contributed by atoms with van der Waals surface area (Å²) >= 11 is 5.99. The van der Waals surface area contributed by atoms with E-state index in [2.05, 4.69) is 10.2 Å². The molecule has 18 heavy (non-hydrogen) atoms. The molecule has 0 saturated heterocycles. The fraction of sp³-hybridized carbons (Fsp3) is 0.250. The van der Waals surface area contributed by atoms with Gasteiger partial charge in [0, 0.05) is 26.0 Å². The first-order valence-corrected chi connectivity index (χ1v) is 5.92. The molecule has 0 radical (unpaired) electrons. The molecule has 0 unspecified atom stereocenters. The van der Waals surface area contributed by atoms with Crippen LogP contribution in [0, 0.1) is 0 Å². The number of rotatable bonds is 4. The minimum absolute atomic E-state index is 0.120. The standard InChI is InChI=1S/C12H13ClN4O/c1-3-17-8-10(13)11(15-17)4-5-12(18)9-6-14-16(2)7-9/h4-8H,3H2,1-2H3/b5-4+. The molecule has 2 aromatic rings. The average molecular weight is 265 g/mol. The summed E-state index contributed by atoms with van der Waals surface area (Å²) in [5.74, 6) is -0.120. The van der Waals surface area contributed by atoms with E-state index < -0.39 is 0 Å². The van der Waals surface area contributed by atoms with Gasteiger partial charge in [-0.05, 0) is 19.1 Å². The molecule has 0 saturated carbocycles. The Hall–Kier alpha value is -1.88. The lowest BCUT2D eigenvalue weighted by molar-refractivity contribution is 0.104. The molecule has 2 heterocycles. The third-order valence-corrected chi connectivity index (χ3v) is 2.74. The van der Waals surface area contributed by atoms with E-state index in [9.17, 15) is 4.79 Å². The van der Waals surface area contributed by atoms with Crippen LogP contribution in [0.4, 0.5) is 0 Å². The van der Waals surface area contributed by atoms with Crippen LogP contribution >= 0.6 is 11.6 Å². The Kier molecular flexibility index (Phi) is 3.62. The second-order valence-corrected chi connectivity index (χ2v) is 4.23. The van der Waals surface area contributed by atoms with Crippen molar-refractivity contribution < 1.29 is 4.79 Å². The van der Waals surface area contributed by atoms with Crippen molar-refractivity contribution in [3.05, 3.63) is 40.9 Å². The van der Waals surface area contributed by atoms with E-state index in [0.717, 1.165) is 6.54 Å². The molecular formula is C12H13ClN4O. The zero-order valence-electron chi connectivity index (χ0n) is 10.2. The van der Waals surface area contributed by atoms with Gasteiger partial charge in [0.05, 0.1) is 16.8 Å². The Morgan fingerprint density at radius 2 is 2.28 bits per heavy atom. The Balaban J connectivity index is 2.15. The van der Waals surface area contributed by atoms with Gasteiger partial charge in [-0.15, -0.1) is 0 Å². The van der Waals surface area contributed by atoms with E-state index in [1.54, 1.807) is 34.9 Å². The van der Waals surface area contributed by atoms with Crippen molar-refractivity contribution in [1.82, 2.24) is 19.6 Å². The summed E-state index contributed by atoms with van der Waals surface area (Å²) in [5.41, 5.74) is 1.13. The Morgan fingerprint density at radius 1 is 1.50 bits per heavy atom. The smallest absolute Gasteiger partial charge is 0.189 e. The molecule has 0 aliphatic heterocycles. The van der Waals surface area contributed by atoms with Crippen LogP contribution < -0.4 is 0 Å².